The maximum absolute atomic E-state index is 12.0. The molecule has 26 heavy (non-hydrogen) atoms. The van der Waals surface area contributed by atoms with Gasteiger partial charge in [-0.1, -0.05) is 18.2 Å². The molecule has 1 aliphatic heterocycles. The van der Waals surface area contributed by atoms with Gasteiger partial charge in [0.05, 0.1) is 13.2 Å². The molecule has 0 spiro atoms. The standard InChI is InChI=1S/C21H32N2O3/c1-21(2,3)26-20(24)22-17-9-11-19(12-10-17)23(13-16-14-25-15-16)18-7-5-4-6-8-18/h4-8,16-17,19H,9-15H2,1-3H3,(H,22,24). The number of hydrogen-bond acceptors (Lipinski definition) is 4. The molecule has 5 heteroatoms. The highest BCUT2D eigenvalue weighted by Gasteiger charge is 2.31. The molecular formula is C21H32N2O3. The first kappa shape index (κ1) is 19.0. The van der Waals surface area contributed by atoms with E-state index < -0.39 is 5.60 Å². The maximum Gasteiger partial charge on any atom is 0.407 e. The average Bonchev–Trinajstić information content (AvgIpc) is 2.54. The minimum absolute atomic E-state index is 0.214. The lowest BCUT2D eigenvalue weighted by atomic mass is 9.89. The van der Waals surface area contributed by atoms with Gasteiger partial charge in [-0.05, 0) is 58.6 Å². The first-order chi connectivity index (χ1) is 12.4. The Kier molecular flexibility index (Phi) is 6.07. The van der Waals surface area contributed by atoms with Crippen LogP contribution in [0.3, 0.4) is 0 Å². The molecule has 1 aromatic carbocycles. The second-order valence-electron chi connectivity index (χ2n) is 8.54. The number of nitrogens with one attached hydrogen (secondary N) is 1. The van der Waals surface area contributed by atoms with Crippen molar-refractivity contribution in [2.24, 2.45) is 5.92 Å². The van der Waals surface area contributed by atoms with Gasteiger partial charge < -0.3 is 19.7 Å². The van der Waals surface area contributed by atoms with Gasteiger partial charge in [0, 0.05) is 30.2 Å². The summed E-state index contributed by atoms with van der Waals surface area (Å²) in [5, 5.41) is 3.04. The molecule has 0 unspecified atom stereocenters. The summed E-state index contributed by atoms with van der Waals surface area (Å²) in [6, 6.07) is 11.4. The molecule has 0 bridgehead atoms. The molecule has 0 atom stereocenters. The molecule has 1 N–H and O–H groups in total. The van der Waals surface area contributed by atoms with Crippen molar-refractivity contribution in [3.8, 4) is 0 Å². The second kappa shape index (κ2) is 8.30. The van der Waals surface area contributed by atoms with Crippen LogP contribution in [0.25, 0.3) is 0 Å². The van der Waals surface area contributed by atoms with Gasteiger partial charge in [0.2, 0.25) is 0 Å². The van der Waals surface area contributed by atoms with Crippen molar-refractivity contribution < 1.29 is 14.3 Å². The first-order valence-electron chi connectivity index (χ1n) is 9.79. The van der Waals surface area contributed by atoms with Gasteiger partial charge >= 0.3 is 6.09 Å². The summed E-state index contributed by atoms with van der Waals surface area (Å²) >= 11 is 0. The molecule has 1 heterocycles. The second-order valence-corrected chi connectivity index (χ2v) is 8.54. The van der Waals surface area contributed by atoms with Crippen molar-refractivity contribution in [2.75, 3.05) is 24.7 Å². The van der Waals surface area contributed by atoms with Gasteiger partial charge in [0.25, 0.3) is 0 Å². The van der Waals surface area contributed by atoms with Gasteiger partial charge in [0.15, 0.2) is 0 Å². The monoisotopic (exact) mass is 360 g/mol. The van der Waals surface area contributed by atoms with Gasteiger partial charge in [-0.25, -0.2) is 4.79 Å². The van der Waals surface area contributed by atoms with E-state index in [1.54, 1.807) is 0 Å². The summed E-state index contributed by atoms with van der Waals surface area (Å²) < 4.78 is 10.8. The van der Waals surface area contributed by atoms with Crippen molar-refractivity contribution >= 4 is 11.8 Å². The molecule has 0 radical (unpaired) electrons. The van der Waals surface area contributed by atoms with Crippen molar-refractivity contribution in [2.45, 2.75) is 64.1 Å². The molecule has 1 saturated heterocycles. The zero-order valence-electron chi connectivity index (χ0n) is 16.2. The van der Waals surface area contributed by atoms with Crippen LogP contribution in [-0.2, 0) is 9.47 Å². The molecule has 5 nitrogen and oxygen atoms in total. The van der Waals surface area contributed by atoms with E-state index in [1.807, 2.05) is 20.8 Å². The first-order valence-corrected chi connectivity index (χ1v) is 9.79. The van der Waals surface area contributed by atoms with E-state index in [2.05, 4.69) is 40.5 Å². The van der Waals surface area contributed by atoms with Gasteiger partial charge in [-0.2, -0.15) is 0 Å². The third kappa shape index (κ3) is 5.37. The Morgan fingerprint density at radius 1 is 1.15 bits per heavy atom. The number of carbonyl (C=O) groups excluding carboxylic acids is 1. The van der Waals surface area contributed by atoms with E-state index in [0.717, 1.165) is 45.4 Å². The summed E-state index contributed by atoms with van der Waals surface area (Å²) in [4.78, 5) is 14.6. The molecule has 144 valence electrons. The van der Waals surface area contributed by atoms with Crippen LogP contribution in [0, 0.1) is 5.92 Å². The molecule has 1 aromatic rings. The Morgan fingerprint density at radius 2 is 1.81 bits per heavy atom. The predicted octanol–water partition coefficient (Wildman–Crippen LogP) is 3.98. The molecule has 2 fully saturated rings. The lowest BCUT2D eigenvalue weighted by molar-refractivity contribution is -0.0286. The van der Waals surface area contributed by atoms with Crippen LogP contribution in [0.1, 0.15) is 46.5 Å². The van der Waals surface area contributed by atoms with Crippen LogP contribution in [0.15, 0.2) is 30.3 Å². The van der Waals surface area contributed by atoms with Crippen molar-refractivity contribution in [1.82, 2.24) is 5.32 Å². The zero-order valence-corrected chi connectivity index (χ0v) is 16.2. The highest BCUT2D eigenvalue weighted by atomic mass is 16.6. The Morgan fingerprint density at radius 3 is 2.35 bits per heavy atom. The van der Waals surface area contributed by atoms with E-state index in [9.17, 15) is 4.79 Å². The molecule has 1 aliphatic carbocycles. The summed E-state index contributed by atoms with van der Waals surface area (Å²) in [7, 11) is 0. The van der Waals surface area contributed by atoms with Crippen LogP contribution < -0.4 is 10.2 Å². The molecule has 2 aliphatic rings. The minimum atomic E-state index is -0.448. The fraction of sp³-hybridized carbons (Fsp3) is 0.667. The van der Waals surface area contributed by atoms with Crippen LogP contribution >= 0.6 is 0 Å². The number of anilines is 1. The molecule has 0 aromatic heterocycles. The Bertz CT molecular complexity index is 573. The molecular weight excluding hydrogens is 328 g/mol. The third-order valence-corrected chi connectivity index (χ3v) is 5.11. The number of carbonyl (C=O) groups is 1. The third-order valence-electron chi connectivity index (χ3n) is 5.11. The number of hydrogen-bond donors (Lipinski definition) is 1. The van der Waals surface area contributed by atoms with Crippen molar-refractivity contribution in [1.29, 1.82) is 0 Å². The summed E-state index contributed by atoms with van der Waals surface area (Å²) in [6.45, 7) is 8.48. The molecule has 1 saturated carbocycles. The lowest BCUT2D eigenvalue weighted by Crippen LogP contribution is -2.48. The van der Waals surface area contributed by atoms with Gasteiger partial charge in [-0.3, -0.25) is 0 Å². The molecule has 1 amide bonds. The number of amides is 1. The SMILES string of the molecule is CC(C)(C)OC(=O)NC1CCC(N(CC2COC2)c2ccccc2)CC1. The smallest absolute Gasteiger partial charge is 0.407 e. The van der Waals surface area contributed by atoms with E-state index in [1.165, 1.54) is 5.69 Å². The number of alkyl carbamates (subject to hydrolysis) is 1. The number of nitrogens with zero attached hydrogens (tertiary/aromatic N) is 1. The van der Waals surface area contributed by atoms with Crippen molar-refractivity contribution in [3.05, 3.63) is 30.3 Å². The van der Waals surface area contributed by atoms with Gasteiger partial charge in [0.1, 0.15) is 5.60 Å². The number of ether oxygens (including phenoxy) is 2. The highest BCUT2D eigenvalue weighted by molar-refractivity contribution is 5.68. The van der Waals surface area contributed by atoms with Gasteiger partial charge in [-0.15, -0.1) is 0 Å². The Hall–Kier alpha value is -1.75. The zero-order chi connectivity index (χ0) is 18.6. The summed E-state index contributed by atoms with van der Waals surface area (Å²) in [5.41, 5.74) is 0.846. The number of rotatable bonds is 5. The normalized spacial score (nSPS) is 23.8. The topological polar surface area (TPSA) is 50.8 Å². The number of para-hydroxylation sites is 1. The van der Waals surface area contributed by atoms with Crippen molar-refractivity contribution in [3.63, 3.8) is 0 Å². The van der Waals surface area contributed by atoms with Crippen LogP contribution in [-0.4, -0.2) is 43.5 Å². The van der Waals surface area contributed by atoms with E-state index in [4.69, 9.17) is 9.47 Å². The van der Waals surface area contributed by atoms with E-state index in [-0.39, 0.29) is 12.1 Å². The number of benzene rings is 1. The highest BCUT2D eigenvalue weighted by Crippen LogP contribution is 2.29. The summed E-state index contributed by atoms with van der Waals surface area (Å²) in [5.74, 6) is 0.632. The Labute approximate surface area is 157 Å². The van der Waals surface area contributed by atoms with E-state index in [0.29, 0.717) is 12.0 Å². The minimum Gasteiger partial charge on any atom is -0.444 e. The maximum atomic E-state index is 12.0. The lowest BCUT2D eigenvalue weighted by Gasteiger charge is -2.42. The Balaban J connectivity index is 1.55. The van der Waals surface area contributed by atoms with Crippen LogP contribution in [0.4, 0.5) is 10.5 Å². The average molecular weight is 360 g/mol. The predicted molar refractivity (Wildman–Crippen MR) is 104 cm³/mol. The fourth-order valence-electron chi connectivity index (χ4n) is 3.76. The van der Waals surface area contributed by atoms with E-state index >= 15 is 0 Å². The summed E-state index contributed by atoms with van der Waals surface area (Å²) in [6.07, 6.45) is 3.86. The van der Waals surface area contributed by atoms with Crippen LogP contribution in [0.5, 0.6) is 0 Å². The van der Waals surface area contributed by atoms with Crippen LogP contribution in [0.2, 0.25) is 0 Å². The largest absolute Gasteiger partial charge is 0.444 e. The quantitative estimate of drug-likeness (QED) is 0.863. The molecule has 3 rings (SSSR count). The fourth-order valence-corrected chi connectivity index (χ4v) is 3.76.